The van der Waals surface area contributed by atoms with Crippen LogP contribution < -0.4 is 4.90 Å². The standard InChI is InChI=1S/C44H39N5/c1-47-43(30-19-7-3-8-20-30)45-42(29-17-5-2-6-18-29)46-44(47)49-37-28-16-14-26-35(37)39-33-24-12-11-23-32(33)38-34-25-13-15-27-36(34)48(40(38)41(39)49)31-21-9-4-10-22-31/h2-3,5,7-9,11-15,17,19-27,35,37,44H,4,6,10,16,18,28H2,1H3/t35?,37-,44?/m1/s1. The van der Waals surface area contributed by atoms with Gasteiger partial charge in [-0.3, -0.25) is 0 Å². The lowest BCUT2D eigenvalue weighted by atomic mass is 9.84. The van der Waals surface area contributed by atoms with Crippen LogP contribution in [-0.2, 0) is 0 Å². The molecule has 0 amide bonds. The Morgan fingerprint density at radius 2 is 1.59 bits per heavy atom. The smallest absolute Gasteiger partial charge is 0.202 e. The first-order valence-electron chi connectivity index (χ1n) is 17.9. The monoisotopic (exact) mass is 637 g/mol. The van der Waals surface area contributed by atoms with Crippen molar-refractivity contribution < 1.29 is 0 Å². The van der Waals surface area contributed by atoms with Crippen LogP contribution in [0.5, 0.6) is 0 Å². The minimum absolute atomic E-state index is 0.263. The highest BCUT2D eigenvalue weighted by Crippen LogP contribution is 2.56. The van der Waals surface area contributed by atoms with E-state index in [-0.39, 0.29) is 18.2 Å². The van der Waals surface area contributed by atoms with E-state index in [1.165, 1.54) is 55.1 Å². The normalized spacial score (nSPS) is 23.1. The number of allylic oxidation sites excluding steroid dienone is 8. The van der Waals surface area contributed by atoms with Gasteiger partial charge in [0.25, 0.3) is 0 Å². The lowest BCUT2D eigenvalue weighted by Crippen LogP contribution is -2.54. The number of benzene rings is 4. The van der Waals surface area contributed by atoms with Crippen molar-refractivity contribution in [2.75, 3.05) is 11.9 Å². The summed E-state index contributed by atoms with van der Waals surface area (Å²) in [5.74, 6) is 2.10. The molecule has 0 spiro atoms. The molecule has 2 unspecified atom stereocenters. The minimum atomic E-state index is -0.263. The predicted octanol–water partition coefficient (Wildman–Crippen LogP) is 10.1. The molecule has 0 radical (unpaired) electrons. The van der Waals surface area contributed by atoms with E-state index < -0.39 is 0 Å². The summed E-state index contributed by atoms with van der Waals surface area (Å²) in [6.45, 7) is 0. The van der Waals surface area contributed by atoms with Crippen LogP contribution in [0.3, 0.4) is 0 Å². The van der Waals surface area contributed by atoms with Crippen molar-refractivity contribution in [2.24, 2.45) is 9.98 Å². The number of hydrogen-bond acceptors (Lipinski definition) is 4. The molecule has 0 N–H and O–H groups in total. The van der Waals surface area contributed by atoms with Crippen molar-refractivity contribution >= 4 is 55.6 Å². The van der Waals surface area contributed by atoms with Crippen LogP contribution in [0.4, 0.5) is 5.69 Å². The highest BCUT2D eigenvalue weighted by atomic mass is 15.5. The fourth-order valence-electron chi connectivity index (χ4n) is 8.99. The van der Waals surface area contributed by atoms with Crippen molar-refractivity contribution in [2.45, 2.75) is 56.8 Å². The largest absolute Gasteiger partial charge is 0.327 e. The second-order valence-electron chi connectivity index (χ2n) is 13.9. The first-order chi connectivity index (χ1) is 24.3. The van der Waals surface area contributed by atoms with Gasteiger partial charge in [0.2, 0.25) is 6.29 Å². The maximum Gasteiger partial charge on any atom is 0.202 e. The van der Waals surface area contributed by atoms with E-state index >= 15 is 0 Å². The van der Waals surface area contributed by atoms with Crippen molar-refractivity contribution in [1.29, 1.82) is 0 Å². The van der Waals surface area contributed by atoms with Gasteiger partial charge in [-0.15, -0.1) is 0 Å². The Morgan fingerprint density at radius 1 is 0.776 bits per heavy atom. The Bertz CT molecular complexity index is 2380. The summed E-state index contributed by atoms with van der Waals surface area (Å²) in [5.41, 5.74) is 8.88. The molecule has 3 aliphatic carbocycles. The van der Waals surface area contributed by atoms with Crippen LogP contribution in [-0.4, -0.2) is 40.5 Å². The summed E-state index contributed by atoms with van der Waals surface area (Å²) >= 11 is 0. The molecule has 2 aliphatic heterocycles. The number of rotatable bonds is 4. The Balaban J connectivity index is 1.31. The van der Waals surface area contributed by atoms with Gasteiger partial charge < -0.3 is 14.4 Å². The summed E-state index contributed by atoms with van der Waals surface area (Å²) in [5, 5.41) is 5.31. The van der Waals surface area contributed by atoms with Gasteiger partial charge in [-0.25, -0.2) is 9.98 Å². The molecule has 3 atom stereocenters. The first kappa shape index (κ1) is 28.6. The fourth-order valence-corrected chi connectivity index (χ4v) is 8.99. The first-order valence-corrected chi connectivity index (χ1v) is 17.9. The number of hydrogen-bond donors (Lipinski definition) is 0. The predicted molar refractivity (Wildman–Crippen MR) is 205 cm³/mol. The van der Waals surface area contributed by atoms with E-state index in [1.807, 2.05) is 0 Å². The third kappa shape index (κ3) is 4.31. The molecule has 49 heavy (non-hydrogen) atoms. The second-order valence-corrected chi connectivity index (χ2v) is 13.9. The molecule has 5 nitrogen and oxygen atoms in total. The minimum Gasteiger partial charge on any atom is -0.327 e. The molecule has 10 rings (SSSR count). The molecule has 3 heterocycles. The number of amidine groups is 2. The molecule has 5 aromatic rings. The van der Waals surface area contributed by atoms with Crippen molar-refractivity contribution in [3.8, 4) is 0 Å². The summed E-state index contributed by atoms with van der Waals surface area (Å²) in [4.78, 5) is 16.0. The summed E-state index contributed by atoms with van der Waals surface area (Å²) < 4.78 is 2.56. The van der Waals surface area contributed by atoms with Gasteiger partial charge in [-0.05, 0) is 72.6 Å². The molecule has 0 bridgehead atoms. The maximum atomic E-state index is 5.63. The molecule has 0 saturated carbocycles. The summed E-state index contributed by atoms with van der Waals surface area (Å²) in [7, 11) is 2.19. The molecule has 5 aliphatic rings. The van der Waals surface area contributed by atoms with Crippen molar-refractivity contribution in [1.82, 2.24) is 9.47 Å². The number of aromatic nitrogens is 1. The highest BCUT2D eigenvalue weighted by Gasteiger charge is 2.47. The number of aliphatic imine (C=N–C) groups is 2. The van der Waals surface area contributed by atoms with E-state index in [2.05, 4.69) is 149 Å². The fraction of sp³-hybridized carbons (Fsp3) is 0.227. The average molecular weight is 638 g/mol. The van der Waals surface area contributed by atoms with Crippen LogP contribution in [0.1, 0.15) is 55.6 Å². The number of anilines is 1. The highest BCUT2D eigenvalue weighted by molar-refractivity contribution is 6.27. The third-order valence-electron chi connectivity index (χ3n) is 11.1. The SMILES string of the molecule is CN1C(c2ccccc2)=NC(C2=CC=CCC2)=NC1N1c2c(c3ccccc3c3c4ccccc4n(C4=CCCC=C4)c23)C2C=CCC[C@H]21. The van der Waals surface area contributed by atoms with Gasteiger partial charge in [-0.2, -0.15) is 0 Å². The molecule has 1 aromatic heterocycles. The van der Waals surface area contributed by atoms with E-state index in [0.717, 1.165) is 55.8 Å². The molecule has 240 valence electrons. The van der Waals surface area contributed by atoms with Gasteiger partial charge in [0.1, 0.15) is 5.84 Å². The summed E-state index contributed by atoms with van der Waals surface area (Å²) in [6, 6.07) is 29.1. The third-order valence-corrected chi connectivity index (χ3v) is 11.1. The Labute approximate surface area is 287 Å². The molecule has 5 heteroatoms. The van der Waals surface area contributed by atoms with Gasteiger partial charge >= 0.3 is 0 Å². The second kappa shape index (κ2) is 11.3. The number of nitrogens with zero attached hydrogens (tertiary/aromatic N) is 5. The average Bonchev–Trinajstić information content (AvgIpc) is 3.70. The van der Waals surface area contributed by atoms with Crippen LogP contribution in [0.2, 0.25) is 0 Å². The molecule has 0 saturated heterocycles. The lowest BCUT2D eigenvalue weighted by Gasteiger charge is -2.43. The van der Waals surface area contributed by atoms with Gasteiger partial charge in [0.15, 0.2) is 5.84 Å². The van der Waals surface area contributed by atoms with E-state index in [9.17, 15) is 0 Å². The van der Waals surface area contributed by atoms with E-state index in [1.54, 1.807) is 0 Å². The lowest BCUT2D eigenvalue weighted by molar-refractivity contribution is 0.324. The number of fused-ring (bicyclic) bond motifs is 10. The molecule has 0 fully saturated rings. The zero-order chi connectivity index (χ0) is 32.5. The number of para-hydroxylation sites is 1. The zero-order valence-electron chi connectivity index (χ0n) is 27.8. The molecule has 4 aromatic carbocycles. The quantitative estimate of drug-likeness (QED) is 0.184. The Kier molecular flexibility index (Phi) is 6.61. The zero-order valence-corrected chi connectivity index (χ0v) is 27.8. The van der Waals surface area contributed by atoms with Gasteiger partial charge in [0, 0.05) is 41.0 Å². The van der Waals surface area contributed by atoms with Crippen LogP contribution in [0.25, 0.3) is 38.3 Å². The van der Waals surface area contributed by atoms with Crippen molar-refractivity contribution in [3.05, 3.63) is 144 Å². The topological polar surface area (TPSA) is 36.1 Å². The van der Waals surface area contributed by atoms with Crippen LogP contribution >= 0.6 is 0 Å². The molecular weight excluding hydrogens is 599 g/mol. The van der Waals surface area contributed by atoms with Crippen molar-refractivity contribution in [3.63, 3.8) is 0 Å². The maximum absolute atomic E-state index is 5.63. The van der Waals surface area contributed by atoms with Crippen LogP contribution in [0, 0.1) is 0 Å². The van der Waals surface area contributed by atoms with Gasteiger partial charge in [-0.1, -0.05) is 115 Å². The van der Waals surface area contributed by atoms with Gasteiger partial charge in [0.05, 0.1) is 16.7 Å². The summed E-state index contributed by atoms with van der Waals surface area (Å²) in [6.07, 6.45) is 24.6. The van der Waals surface area contributed by atoms with E-state index in [4.69, 9.17) is 9.98 Å². The van der Waals surface area contributed by atoms with Crippen LogP contribution in [0.15, 0.2) is 143 Å². The molecular formula is C44H39N5. The van der Waals surface area contributed by atoms with E-state index in [0.29, 0.717) is 0 Å². The Morgan fingerprint density at radius 3 is 2.41 bits per heavy atom. The Hall–Kier alpha value is -5.42.